The first-order valence-electron chi connectivity index (χ1n) is 7.26. The molecule has 114 valence electrons. The Labute approximate surface area is 127 Å². The van der Waals surface area contributed by atoms with Crippen LogP contribution in [0.5, 0.6) is 0 Å². The van der Waals surface area contributed by atoms with Gasteiger partial charge in [-0.1, -0.05) is 26.0 Å². The van der Waals surface area contributed by atoms with Gasteiger partial charge in [0.1, 0.15) is 6.04 Å². The Morgan fingerprint density at radius 2 is 1.86 bits per heavy atom. The van der Waals surface area contributed by atoms with E-state index in [2.05, 4.69) is 5.32 Å². The fourth-order valence-electron chi connectivity index (χ4n) is 3.02. The number of rotatable bonds is 2. The molecule has 0 unspecified atom stereocenters. The van der Waals surface area contributed by atoms with Crippen molar-refractivity contribution in [2.24, 2.45) is 0 Å². The Hall–Kier alpha value is -2.50. The molecule has 22 heavy (non-hydrogen) atoms. The molecule has 0 radical (unpaired) electrons. The van der Waals surface area contributed by atoms with E-state index in [1.54, 1.807) is 12.1 Å². The van der Waals surface area contributed by atoms with Crippen LogP contribution in [-0.2, 0) is 9.59 Å². The molecule has 6 nitrogen and oxygen atoms in total. The standard InChI is InChI=1S/C16H16N2O4/c1-8(2)9-4-3-5-10-13(9)16(22)18(15(10)21)11-6-7-12(19)17-14(11)20/h3-5,8,11H,6-7H2,1-2H3,(H,17,19,20)/t11-/m0/s1. The van der Waals surface area contributed by atoms with Crippen LogP contribution >= 0.6 is 0 Å². The number of hydrogen-bond acceptors (Lipinski definition) is 4. The lowest BCUT2D eigenvalue weighted by Gasteiger charge is -2.27. The number of benzene rings is 1. The molecule has 0 aromatic heterocycles. The molecule has 3 rings (SSSR count). The molecule has 0 bridgehead atoms. The Balaban J connectivity index is 2.02. The van der Waals surface area contributed by atoms with Crippen molar-refractivity contribution in [1.29, 1.82) is 0 Å². The van der Waals surface area contributed by atoms with Gasteiger partial charge in [-0.05, 0) is 24.0 Å². The summed E-state index contributed by atoms with van der Waals surface area (Å²) in [5.41, 5.74) is 1.51. The number of amides is 4. The van der Waals surface area contributed by atoms with E-state index in [0.717, 1.165) is 10.5 Å². The van der Waals surface area contributed by atoms with E-state index < -0.39 is 23.8 Å². The van der Waals surface area contributed by atoms with Gasteiger partial charge in [0.15, 0.2) is 0 Å². The van der Waals surface area contributed by atoms with E-state index in [9.17, 15) is 19.2 Å². The van der Waals surface area contributed by atoms with Crippen molar-refractivity contribution in [3.63, 3.8) is 0 Å². The minimum Gasteiger partial charge on any atom is -0.295 e. The molecule has 1 aromatic carbocycles. The number of imide groups is 2. The summed E-state index contributed by atoms with van der Waals surface area (Å²) in [4.78, 5) is 49.5. The molecule has 1 atom stereocenters. The minimum absolute atomic E-state index is 0.0911. The molecular weight excluding hydrogens is 284 g/mol. The van der Waals surface area contributed by atoms with Crippen molar-refractivity contribution < 1.29 is 19.2 Å². The minimum atomic E-state index is -0.912. The number of nitrogens with one attached hydrogen (secondary N) is 1. The second kappa shape index (κ2) is 5.05. The molecule has 4 amide bonds. The molecule has 1 saturated heterocycles. The fourth-order valence-corrected chi connectivity index (χ4v) is 3.02. The van der Waals surface area contributed by atoms with E-state index in [-0.39, 0.29) is 24.7 Å². The quantitative estimate of drug-likeness (QED) is 0.832. The summed E-state index contributed by atoms with van der Waals surface area (Å²) in [6.45, 7) is 3.89. The highest BCUT2D eigenvalue weighted by atomic mass is 16.2. The van der Waals surface area contributed by atoms with Gasteiger partial charge in [0.05, 0.1) is 11.1 Å². The number of carbonyl (C=O) groups is 4. The van der Waals surface area contributed by atoms with Crippen molar-refractivity contribution in [2.45, 2.75) is 38.6 Å². The van der Waals surface area contributed by atoms with Crippen molar-refractivity contribution in [3.8, 4) is 0 Å². The largest absolute Gasteiger partial charge is 0.295 e. The maximum Gasteiger partial charge on any atom is 0.262 e. The SMILES string of the molecule is CC(C)c1cccc2c1C(=O)N([C@H]1CCC(=O)NC1=O)C2=O. The van der Waals surface area contributed by atoms with Crippen LogP contribution in [0, 0.1) is 0 Å². The Morgan fingerprint density at radius 3 is 2.50 bits per heavy atom. The van der Waals surface area contributed by atoms with E-state index in [4.69, 9.17) is 0 Å². The fraction of sp³-hybridized carbons (Fsp3) is 0.375. The van der Waals surface area contributed by atoms with Gasteiger partial charge in [-0.2, -0.15) is 0 Å². The van der Waals surface area contributed by atoms with Crippen LogP contribution in [0.2, 0.25) is 0 Å². The van der Waals surface area contributed by atoms with Crippen LogP contribution in [0.1, 0.15) is 58.9 Å². The summed E-state index contributed by atoms with van der Waals surface area (Å²) in [6.07, 6.45) is 0.300. The summed E-state index contributed by atoms with van der Waals surface area (Å²) >= 11 is 0. The lowest BCUT2D eigenvalue weighted by Crippen LogP contribution is -2.54. The molecule has 0 saturated carbocycles. The first-order valence-corrected chi connectivity index (χ1v) is 7.26. The van der Waals surface area contributed by atoms with E-state index in [1.807, 2.05) is 19.9 Å². The molecule has 1 fully saturated rings. The molecule has 1 aromatic rings. The molecule has 6 heteroatoms. The Bertz CT molecular complexity index is 708. The van der Waals surface area contributed by atoms with Gasteiger partial charge < -0.3 is 0 Å². The Kier molecular flexibility index (Phi) is 3.31. The highest BCUT2D eigenvalue weighted by molar-refractivity contribution is 6.24. The first kappa shape index (κ1) is 14.4. The highest BCUT2D eigenvalue weighted by Gasteiger charge is 2.45. The average molecular weight is 300 g/mol. The molecule has 2 aliphatic heterocycles. The van der Waals surface area contributed by atoms with Crippen LogP contribution in [-0.4, -0.2) is 34.6 Å². The van der Waals surface area contributed by atoms with E-state index in [1.165, 1.54) is 0 Å². The second-order valence-electron chi connectivity index (χ2n) is 5.87. The van der Waals surface area contributed by atoms with Crippen LogP contribution in [0.4, 0.5) is 0 Å². The summed E-state index contributed by atoms with van der Waals surface area (Å²) in [5, 5.41) is 2.19. The van der Waals surface area contributed by atoms with Gasteiger partial charge in [0, 0.05) is 6.42 Å². The number of fused-ring (bicyclic) bond motifs is 1. The van der Waals surface area contributed by atoms with Crippen molar-refractivity contribution in [2.75, 3.05) is 0 Å². The average Bonchev–Trinajstić information content (AvgIpc) is 2.72. The number of nitrogens with zero attached hydrogens (tertiary/aromatic N) is 1. The first-order chi connectivity index (χ1) is 10.4. The predicted molar refractivity (Wildman–Crippen MR) is 77.2 cm³/mol. The van der Waals surface area contributed by atoms with Crippen molar-refractivity contribution in [1.82, 2.24) is 10.2 Å². The maximum atomic E-state index is 12.7. The third-order valence-electron chi connectivity index (χ3n) is 4.12. The van der Waals surface area contributed by atoms with Crippen molar-refractivity contribution >= 4 is 23.6 Å². The molecular formula is C16H16N2O4. The molecule has 1 N–H and O–H groups in total. The smallest absolute Gasteiger partial charge is 0.262 e. The van der Waals surface area contributed by atoms with Gasteiger partial charge in [-0.15, -0.1) is 0 Å². The third-order valence-corrected chi connectivity index (χ3v) is 4.12. The molecule has 2 heterocycles. The number of carbonyl (C=O) groups excluding carboxylic acids is 4. The topological polar surface area (TPSA) is 83.6 Å². The zero-order valence-corrected chi connectivity index (χ0v) is 12.4. The molecule has 0 spiro atoms. The van der Waals surface area contributed by atoms with Gasteiger partial charge in [-0.25, -0.2) is 0 Å². The van der Waals surface area contributed by atoms with Crippen LogP contribution in [0.3, 0.4) is 0 Å². The van der Waals surface area contributed by atoms with Gasteiger partial charge in [0.2, 0.25) is 11.8 Å². The zero-order valence-electron chi connectivity index (χ0n) is 12.4. The summed E-state index contributed by atoms with van der Waals surface area (Å²) in [5.74, 6) is -1.78. The lowest BCUT2D eigenvalue weighted by atomic mass is 9.94. The Morgan fingerprint density at radius 1 is 1.14 bits per heavy atom. The van der Waals surface area contributed by atoms with Gasteiger partial charge in [-0.3, -0.25) is 29.4 Å². The molecule has 2 aliphatic rings. The monoisotopic (exact) mass is 300 g/mol. The van der Waals surface area contributed by atoms with E-state index in [0.29, 0.717) is 11.1 Å². The molecule has 0 aliphatic carbocycles. The van der Waals surface area contributed by atoms with Crippen LogP contribution in [0.15, 0.2) is 18.2 Å². The summed E-state index contributed by atoms with van der Waals surface area (Å²) in [6, 6.07) is 4.26. The number of piperidine rings is 1. The summed E-state index contributed by atoms with van der Waals surface area (Å²) < 4.78 is 0. The third kappa shape index (κ3) is 2.03. The highest BCUT2D eigenvalue weighted by Crippen LogP contribution is 2.32. The van der Waals surface area contributed by atoms with Crippen LogP contribution in [0.25, 0.3) is 0 Å². The van der Waals surface area contributed by atoms with Gasteiger partial charge in [0.25, 0.3) is 11.8 Å². The normalized spacial score (nSPS) is 21.4. The second-order valence-corrected chi connectivity index (χ2v) is 5.87. The summed E-state index contributed by atoms with van der Waals surface area (Å²) in [7, 11) is 0. The van der Waals surface area contributed by atoms with Gasteiger partial charge >= 0.3 is 0 Å². The maximum absolute atomic E-state index is 12.7. The van der Waals surface area contributed by atoms with Crippen LogP contribution < -0.4 is 5.32 Å². The van der Waals surface area contributed by atoms with E-state index >= 15 is 0 Å². The number of hydrogen-bond donors (Lipinski definition) is 1. The lowest BCUT2D eigenvalue weighted by molar-refractivity contribution is -0.136. The van der Waals surface area contributed by atoms with Crippen molar-refractivity contribution in [3.05, 3.63) is 34.9 Å². The predicted octanol–water partition coefficient (Wildman–Crippen LogP) is 1.21. The zero-order chi connectivity index (χ0) is 16.0.